The lowest BCUT2D eigenvalue weighted by Crippen LogP contribution is -2.41. The Morgan fingerprint density at radius 3 is 2.91 bits per heavy atom. The average Bonchev–Trinajstić information content (AvgIpc) is 2.43. The molecule has 1 atom stereocenters. The fraction of sp³-hybridized carbons (Fsp3) is 0.533. The van der Waals surface area contributed by atoms with Gasteiger partial charge < -0.3 is 11.1 Å². The topological polar surface area (TPSA) is 58.4 Å². The Balaban J connectivity index is 0.00000242. The van der Waals surface area contributed by atoms with E-state index in [2.05, 4.69) is 5.32 Å². The zero-order chi connectivity index (χ0) is 15.2. The Hall–Kier alpha value is -1.24. The summed E-state index contributed by atoms with van der Waals surface area (Å²) in [6, 6.07) is 3.01. The van der Waals surface area contributed by atoms with E-state index in [1.165, 1.54) is 0 Å². The summed E-state index contributed by atoms with van der Waals surface area (Å²) in [6.45, 7) is 2.52. The summed E-state index contributed by atoms with van der Waals surface area (Å²) in [5, 5.41) is 2.42. The molecule has 124 valence electrons. The Morgan fingerprint density at radius 2 is 2.18 bits per heavy atom. The molecule has 7 heteroatoms. The van der Waals surface area contributed by atoms with Crippen molar-refractivity contribution in [2.45, 2.75) is 19.3 Å². The van der Waals surface area contributed by atoms with Crippen molar-refractivity contribution < 1.29 is 13.6 Å². The molecule has 1 unspecified atom stereocenters. The maximum absolute atomic E-state index is 13.5. The second-order valence-electron chi connectivity index (χ2n) is 5.49. The summed E-state index contributed by atoms with van der Waals surface area (Å²) in [5.41, 5.74) is 5.45. The van der Waals surface area contributed by atoms with Gasteiger partial charge >= 0.3 is 0 Å². The molecule has 0 radical (unpaired) electrons. The fourth-order valence-electron chi connectivity index (χ4n) is 2.75. The minimum absolute atomic E-state index is 0. The van der Waals surface area contributed by atoms with Gasteiger partial charge in [0.25, 0.3) is 0 Å². The van der Waals surface area contributed by atoms with Gasteiger partial charge in [0.15, 0.2) is 0 Å². The van der Waals surface area contributed by atoms with Gasteiger partial charge in [0, 0.05) is 12.6 Å². The highest BCUT2D eigenvalue weighted by atomic mass is 35.5. The molecule has 0 aromatic heterocycles. The van der Waals surface area contributed by atoms with E-state index >= 15 is 0 Å². The van der Waals surface area contributed by atoms with Crippen LogP contribution in [-0.2, 0) is 4.79 Å². The molecule has 1 saturated heterocycles. The van der Waals surface area contributed by atoms with Crippen molar-refractivity contribution >= 4 is 24.0 Å². The molecule has 4 nitrogen and oxygen atoms in total. The van der Waals surface area contributed by atoms with E-state index in [1.54, 1.807) is 0 Å². The number of benzene rings is 1. The van der Waals surface area contributed by atoms with Gasteiger partial charge in [-0.2, -0.15) is 0 Å². The van der Waals surface area contributed by atoms with Crippen LogP contribution < -0.4 is 11.1 Å². The largest absolute Gasteiger partial charge is 0.330 e. The normalized spacial score (nSPS) is 18.6. The molecule has 0 spiro atoms. The molecule has 0 saturated carbocycles. The summed E-state index contributed by atoms with van der Waals surface area (Å²) in [4.78, 5) is 14.0. The fourth-order valence-corrected chi connectivity index (χ4v) is 2.75. The third kappa shape index (κ3) is 5.51. The summed E-state index contributed by atoms with van der Waals surface area (Å²) >= 11 is 0. The number of likely N-dealkylation sites (tertiary alicyclic amines) is 1. The van der Waals surface area contributed by atoms with Gasteiger partial charge in [-0.1, -0.05) is 0 Å². The van der Waals surface area contributed by atoms with Gasteiger partial charge in [0.1, 0.15) is 11.6 Å². The van der Waals surface area contributed by atoms with Crippen LogP contribution in [0, 0.1) is 17.6 Å². The van der Waals surface area contributed by atoms with Crippen LogP contribution in [0.4, 0.5) is 14.5 Å². The molecule has 0 aliphatic carbocycles. The quantitative estimate of drug-likeness (QED) is 0.870. The first-order valence-electron chi connectivity index (χ1n) is 7.26. The predicted molar refractivity (Wildman–Crippen MR) is 85.1 cm³/mol. The van der Waals surface area contributed by atoms with Crippen LogP contribution in [0.1, 0.15) is 19.3 Å². The van der Waals surface area contributed by atoms with Crippen LogP contribution >= 0.6 is 12.4 Å². The Labute approximate surface area is 135 Å². The van der Waals surface area contributed by atoms with E-state index < -0.39 is 11.6 Å². The van der Waals surface area contributed by atoms with Crippen molar-refractivity contribution in [3.63, 3.8) is 0 Å². The number of carbonyl (C=O) groups excluding carboxylic acids is 1. The summed E-state index contributed by atoms with van der Waals surface area (Å²) in [6.07, 6.45) is 3.12. The molecule has 1 fully saturated rings. The first kappa shape index (κ1) is 18.8. The third-order valence-corrected chi connectivity index (χ3v) is 3.75. The lowest BCUT2D eigenvalue weighted by Gasteiger charge is -2.32. The molecule has 1 aromatic rings. The molecule has 2 rings (SSSR count). The number of halogens is 3. The third-order valence-electron chi connectivity index (χ3n) is 3.75. The molecule has 0 bridgehead atoms. The van der Waals surface area contributed by atoms with E-state index in [0.717, 1.165) is 50.6 Å². The van der Waals surface area contributed by atoms with Crippen molar-refractivity contribution in [2.24, 2.45) is 11.7 Å². The SMILES string of the molecule is Cl.NCCC1CCCN(CC(=O)Nc2cc(F)ccc2F)C1. The second kappa shape index (κ2) is 9.02. The van der Waals surface area contributed by atoms with Gasteiger partial charge in [-0.3, -0.25) is 9.69 Å². The maximum Gasteiger partial charge on any atom is 0.238 e. The van der Waals surface area contributed by atoms with E-state index in [-0.39, 0.29) is 30.5 Å². The standard InChI is InChI=1S/C15H21F2N3O.ClH/c16-12-3-4-13(17)14(8-12)19-15(21)10-20-7-1-2-11(9-20)5-6-18;/h3-4,8,11H,1-2,5-7,9-10,18H2,(H,19,21);1H. The highest BCUT2D eigenvalue weighted by molar-refractivity contribution is 5.92. The van der Waals surface area contributed by atoms with Crippen LogP contribution in [-0.4, -0.2) is 37.0 Å². The lowest BCUT2D eigenvalue weighted by atomic mass is 9.95. The molecule has 1 aromatic carbocycles. The van der Waals surface area contributed by atoms with Crippen LogP contribution in [0.2, 0.25) is 0 Å². The van der Waals surface area contributed by atoms with Crippen molar-refractivity contribution in [1.82, 2.24) is 4.90 Å². The number of rotatable bonds is 5. The average molecular weight is 334 g/mol. The van der Waals surface area contributed by atoms with Crippen molar-refractivity contribution in [3.8, 4) is 0 Å². The van der Waals surface area contributed by atoms with Crippen molar-refractivity contribution in [1.29, 1.82) is 0 Å². The number of hydrogen-bond acceptors (Lipinski definition) is 3. The number of nitrogens with two attached hydrogens (primary N) is 1. The number of anilines is 1. The van der Waals surface area contributed by atoms with Gasteiger partial charge in [0.05, 0.1) is 12.2 Å². The number of amides is 1. The summed E-state index contributed by atoms with van der Waals surface area (Å²) in [5.74, 6) is -1.02. The minimum atomic E-state index is -0.635. The number of nitrogens with zero attached hydrogens (tertiary/aromatic N) is 1. The number of hydrogen-bond donors (Lipinski definition) is 2. The molecule has 1 amide bonds. The Bertz CT molecular complexity index is 500. The van der Waals surface area contributed by atoms with Gasteiger partial charge in [-0.15, -0.1) is 12.4 Å². The highest BCUT2D eigenvalue weighted by Crippen LogP contribution is 2.19. The van der Waals surface area contributed by atoms with Crippen LogP contribution in [0.3, 0.4) is 0 Å². The molecular formula is C15H22ClF2N3O. The maximum atomic E-state index is 13.5. The van der Waals surface area contributed by atoms with Crippen LogP contribution in [0.5, 0.6) is 0 Å². The van der Waals surface area contributed by atoms with E-state index in [4.69, 9.17) is 5.73 Å². The Morgan fingerprint density at radius 1 is 1.41 bits per heavy atom. The van der Waals surface area contributed by atoms with Crippen LogP contribution in [0.25, 0.3) is 0 Å². The zero-order valence-corrected chi connectivity index (χ0v) is 13.2. The number of nitrogens with one attached hydrogen (secondary N) is 1. The second-order valence-corrected chi connectivity index (χ2v) is 5.49. The van der Waals surface area contributed by atoms with Gasteiger partial charge in [-0.05, 0) is 50.4 Å². The molecule has 22 heavy (non-hydrogen) atoms. The predicted octanol–water partition coefficient (Wildman–Crippen LogP) is 2.39. The molecule has 3 N–H and O–H groups in total. The van der Waals surface area contributed by atoms with Gasteiger partial charge in [-0.25, -0.2) is 8.78 Å². The molecule has 1 aliphatic rings. The van der Waals surface area contributed by atoms with Crippen molar-refractivity contribution in [3.05, 3.63) is 29.8 Å². The van der Waals surface area contributed by atoms with Gasteiger partial charge in [0.2, 0.25) is 5.91 Å². The van der Waals surface area contributed by atoms with E-state index in [1.807, 2.05) is 4.90 Å². The number of carbonyl (C=O) groups is 1. The monoisotopic (exact) mass is 333 g/mol. The molecular weight excluding hydrogens is 312 g/mol. The van der Waals surface area contributed by atoms with Crippen molar-refractivity contribution in [2.75, 3.05) is 31.5 Å². The lowest BCUT2D eigenvalue weighted by molar-refractivity contribution is -0.117. The van der Waals surface area contributed by atoms with Crippen LogP contribution in [0.15, 0.2) is 18.2 Å². The minimum Gasteiger partial charge on any atom is -0.330 e. The molecule has 1 aliphatic heterocycles. The Kier molecular flexibility index (Phi) is 7.72. The smallest absolute Gasteiger partial charge is 0.238 e. The zero-order valence-electron chi connectivity index (χ0n) is 12.4. The number of piperidine rings is 1. The van der Waals surface area contributed by atoms with E-state index in [9.17, 15) is 13.6 Å². The summed E-state index contributed by atoms with van der Waals surface area (Å²) in [7, 11) is 0. The molecule has 1 heterocycles. The highest BCUT2D eigenvalue weighted by Gasteiger charge is 2.21. The van der Waals surface area contributed by atoms with E-state index in [0.29, 0.717) is 12.5 Å². The summed E-state index contributed by atoms with van der Waals surface area (Å²) < 4.78 is 26.5. The first-order valence-corrected chi connectivity index (χ1v) is 7.26. The first-order chi connectivity index (χ1) is 10.1.